The standard InChI is InChI=1S/C16H16Cl3N/c1-11(13-7-3-4-8-14(13)18)20(2)16-12(10-17)6-5-9-15(16)19/h3-9,11H,10H2,1-2H3. The summed E-state index contributed by atoms with van der Waals surface area (Å²) in [5, 5.41) is 1.45. The molecule has 0 heterocycles. The van der Waals surface area contributed by atoms with Crippen molar-refractivity contribution in [1.82, 2.24) is 0 Å². The average Bonchev–Trinajstić information content (AvgIpc) is 2.46. The largest absolute Gasteiger partial charge is 0.366 e. The van der Waals surface area contributed by atoms with Gasteiger partial charge in [0.2, 0.25) is 0 Å². The minimum atomic E-state index is 0.102. The summed E-state index contributed by atoms with van der Waals surface area (Å²) in [5.41, 5.74) is 3.04. The van der Waals surface area contributed by atoms with Gasteiger partial charge >= 0.3 is 0 Å². The van der Waals surface area contributed by atoms with Crippen LogP contribution in [0.2, 0.25) is 10.0 Å². The summed E-state index contributed by atoms with van der Waals surface area (Å²) in [6, 6.07) is 13.7. The van der Waals surface area contributed by atoms with Crippen LogP contribution >= 0.6 is 34.8 Å². The maximum Gasteiger partial charge on any atom is 0.0642 e. The maximum atomic E-state index is 6.34. The van der Waals surface area contributed by atoms with Crippen molar-refractivity contribution in [2.24, 2.45) is 0 Å². The number of alkyl halides is 1. The third kappa shape index (κ3) is 3.06. The van der Waals surface area contributed by atoms with Crippen LogP contribution in [0.4, 0.5) is 5.69 Å². The van der Waals surface area contributed by atoms with Gasteiger partial charge in [-0.15, -0.1) is 11.6 Å². The highest BCUT2D eigenvalue weighted by atomic mass is 35.5. The fourth-order valence-corrected chi connectivity index (χ4v) is 3.12. The van der Waals surface area contributed by atoms with Crippen LogP contribution in [0.5, 0.6) is 0 Å². The van der Waals surface area contributed by atoms with Crippen LogP contribution in [0.25, 0.3) is 0 Å². The average molecular weight is 329 g/mol. The zero-order valence-electron chi connectivity index (χ0n) is 11.4. The molecule has 1 nitrogen and oxygen atoms in total. The van der Waals surface area contributed by atoms with Crippen LogP contribution < -0.4 is 4.90 Å². The summed E-state index contributed by atoms with van der Waals surface area (Å²) in [6.45, 7) is 2.10. The van der Waals surface area contributed by atoms with Crippen molar-refractivity contribution in [2.45, 2.75) is 18.8 Å². The molecular formula is C16H16Cl3N. The number of para-hydroxylation sites is 1. The highest BCUT2D eigenvalue weighted by molar-refractivity contribution is 6.33. The Hall–Kier alpha value is -0.890. The van der Waals surface area contributed by atoms with E-state index < -0.39 is 0 Å². The molecule has 20 heavy (non-hydrogen) atoms. The highest BCUT2D eigenvalue weighted by Crippen LogP contribution is 2.36. The summed E-state index contributed by atoms with van der Waals surface area (Å²) >= 11 is 18.6. The van der Waals surface area contributed by atoms with E-state index >= 15 is 0 Å². The predicted molar refractivity (Wildman–Crippen MR) is 89.3 cm³/mol. The molecule has 0 saturated carbocycles. The molecule has 2 rings (SSSR count). The molecule has 0 bridgehead atoms. The van der Waals surface area contributed by atoms with Crippen LogP contribution in [0.3, 0.4) is 0 Å². The van der Waals surface area contributed by atoms with Gasteiger partial charge in [0.05, 0.1) is 16.8 Å². The summed E-state index contributed by atoms with van der Waals surface area (Å²) in [5.74, 6) is 0.426. The van der Waals surface area contributed by atoms with Crippen molar-refractivity contribution < 1.29 is 0 Å². The minimum absolute atomic E-state index is 0.102. The Labute approximate surface area is 135 Å². The van der Waals surface area contributed by atoms with Crippen molar-refractivity contribution in [3.63, 3.8) is 0 Å². The van der Waals surface area contributed by atoms with Crippen LogP contribution in [0, 0.1) is 0 Å². The van der Waals surface area contributed by atoms with Gasteiger partial charge in [0.1, 0.15) is 0 Å². The van der Waals surface area contributed by atoms with Crippen LogP contribution in [0.1, 0.15) is 24.1 Å². The Morgan fingerprint density at radius 1 is 1.00 bits per heavy atom. The quantitative estimate of drug-likeness (QED) is 0.629. The molecule has 0 fully saturated rings. The summed E-state index contributed by atoms with van der Waals surface area (Å²) in [7, 11) is 2.01. The first kappa shape index (κ1) is 15.5. The predicted octanol–water partition coefficient (Wildman–Crippen LogP) is 5.93. The second kappa shape index (κ2) is 6.71. The first-order valence-electron chi connectivity index (χ1n) is 6.37. The number of rotatable bonds is 4. The molecule has 106 valence electrons. The molecule has 0 aliphatic rings. The van der Waals surface area contributed by atoms with E-state index in [-0.39, 0.29) is 6.04 Å². The topological polar surface area (TPSA) is 3.24 Å². The molecule has 0 aliphatic carbocycles. The van der Waals surface area contributed by atoms with Crippen LogP contribution in [0.15, 0.2) is 42.5 Å². The molecular weight excluding hydrogens is 313 g/mol. The molecule has 4 heteroatoms. The van der Waals surface area contributed by atoms with E-state index in [9.17, 15) is 0 Å². The van der Waals surface area contributed by atoms with E-state index in [0.29, 0.717) is 10.9 Å². The van der Waals surface area contributed by atoms with Gasteiger partial charge in [-0.1, -0.05) is 53.5 Å². The lowest BCUT2D eigenvalue weighted by Crippen LogP contribution is -2.23. The number of hydrogen-bond acceptors (Lipinski definition) is 1. The van der Waals surface area contributed by atoms with Crippen LogP contribution in [-0.2, 0) is 5.88 Å². The molecule has 0 aromatic heterocycles. The number of nitrogens with zero attached hydrogens (tertiary/aromatic N) is 1. The second-order valence-electron chi connectivity index (χ2n) is 4.69. The van der Waals surface area contributed by atoms with E-state index in [0.717, 1.165) is 21.8 Å². The summed E-state index contributed by atoms with van der Waals surface area (Å²) in [6.07, 6.45) is 0. The lowest BCUT2D eigenvalue weighted by atomic mass is 10.1. The minimum Gasteiger partial charge on any atom is -0.366 e. The number of halogens is 3. The molecule has 1 atom stereocenters. The van der Waals surface area contributed by atoms with E-state index in [1.165, 1.54) is 0 Å². The number of hydrogen-bond donors (Lipinski definition) is 0. The third-order valence-corrected chi connectivity index (χ3v) is 4.44. The van der Waals surface area contributed by atoms with Crippen molar-refractivity contribution >= 4 is 40.5 Å². The van der Waals surface area contributed by atoms with Gasteiger partial charge in [-0.3, -0.25) is 0 Å². The van der Waals surface area contributed by atoms with Gasteiger partial charge < -0.3 is 4.90 Å². The Bertz CT molecular complexity index is 598. The van der Waals surface area contributed by atoms with Gasteiger partial charge in [-0.2, -0.15) is 0 Å². The van der Waals surface area contributed by atoms with E-state index in [2.05, 4.69) is 11.8 Å². The maximum absolute atomic E-state index is 6.34. The summed E-state index contributed by atoms with van der Waals surface area (Å²) < 4.78 is 0. The molecule has 2 aromatic rings. The second-order valence-corrected chi connectivity index (χ2v) is 5.77. The Morgan fingerprint density at radius 2 is 1.65 bits per heavy atom. The van der Waals surface area contributed by atoms with Crippen molar-refractivity contribution in [1.29, 1.82) is 0 Å². The van der Waals surface area contributed by atoms with Crippen LogP contribution in [-0.4, -0.2) is 7.05 Å². The fraction of sp³-hybridized carbons (Fsp3) is 0.250. The molecule has 1 unspecified atom stereocenters. The zero-order valence-corrected chi connectivity index (χ0v) is 13.7. The normalized spacial score (nSPS) is 12.2. The number of anilines is 1. The monoisotopic (exact) mass is 327 g/mol. The van der Waals surface area contributed by atoms with E-state index in [1.54, 1.807) is 0 Å². The smallest absolute Gasteiger partial charge is 0.0642 e. The van der Waals surface area contributed by atoms with Crippen molar-refractivity contribution in [3.05, 3.63) is 63.6 Å². The first-order valence-corrected chi connectivity index (χ1v) is 7.66. The van der Waals surface area contributed by atoms with E-state index in [1.807, 2.05) is 49.5 Å². The fourth-order valence-electron chi connectivity index (χ4n) is 2.28. The van der Waals surface area contributed by atoms with Gasteiger partial charge in [0.25, 0.3) is 0 Å². The SMILES string of the molecule is CC(c1ccccc1Cl)N(C)c1c(Cl)cccc1CCl. The Kier molecular flexibility index (Phi) is 5.20. The van der Waals surface area contributed by atoms with Gasteiger partial charge in [0, 0.05) is 18.0 Å². The lowest BCUT2D eigenvalue weighted by Gasteiger charge is -2.30. The molecule has 0 radical (unpaired) electrons. The first-order chi connectivity index (χ1) is 9.56. The van der Waals surface area contributed by atoms with Crippen molar-refractivity contribution in [3.8, 4) is 0 Å². The molecule has 0 aliphatic heterocycles. The zero-order chi connectivity index (χ0) is 14.7. The van der Waals surface area contributed by atoms with Gasteiger partial charge in [-0.25, -0.2) is 0 Å². The van der Waals surface area contributed by atoms with Gasteiger partial charge in [0.15, 0.2) is 0 Å². The van der Waals surface area contributed by atoms with E-state index in [4.69, 9.17) is 34.8 Å². The third-order valence-electron chi connectivity index (χ3n) is 3.50. The number of benzene rings is 2. The molecule has 0 saturated heterocycles. The van der Waals surface area contributed by atoms with Gasteiger partial charge in [-0.05, 0) is 30.2 Å². The summed E-state index contributed by atoms with van der Waals surface area (Å²) in [4.78, 5) is 2.11. The Morgan fingerprint density at radius 3 is 2.30 bits per heavy atom. The highest BCUT2D eigenvalue weighted by Gasteiger charge is 2.19. The molecule has 2 aromatic carbocycles. The molecule has 0 amide bonds. The lowest BCUT2D eigenvalue weighted by molar-refractivity contribution is 0.737. The van der Waals surface area contributed by atoms with Crippen molar-refractivity contribution in [2.75, 3.05) is 11.9 Å². The Balaban J connectivity index is 2.41. The molecule has 0 spiro atoms. The molecule has 0 N–H and O–H groups in total.